The smallest absolute Gasteiger partial charge is 0.117 e. The molecule has 0 saturated carbocycles. The minimum atomic E-state index is 0.542. The third kappa shape index (κ3) is 3.87. The molecule has 1 aromatic rings. The largest absolute Gasteiger partial charge is 0.465 e. The molecule has 1 atom stereocenters. The summed E-state index contributed by atoms with van der Waals surface area (Å²) in [5.41, 5.74) is 0. The van der Waals surface area contributed by atoms with Gasteiger partial charge in [-0.2, -0.15) is 11.8 Å². The predicted molar refractivity (Wildman–Crippen MR) is 58.1 cm³/mol. The number of hydrogen-bond acceptors (Lipinski definition) is 3. The molecule has 0 aliphatic rings. The number of thioether (sulfide) groups is 1. The molecule has 0 amide bonds. The lowest BCUT2D eigenvalue weighted by molar-refractivity contribution is 0.449. The average molecular weight is 199 g/mol. The first-order valence-electron chi connectivity index (χ1n) is 4.50. The SMILES string of the molecule is CSCC(C)NCc1ccc(C)o1. The minimum absolute atomic E-state index is 0.542. The Bertz CT molecular complexity index is 247. The van der Waals surface area contributed by atoms with Gasteiger partial charge in [-0.25, -0.2) is 0 Å². The summed E-state index contributed by atoms with van der Waals surface area (Å²) in [4.78, 5) is 0. The number of rotatable bonds is 5. The van der Waals surface area contributed by atoms with Crippen LogP contribution < -0.4 is 5.32 Å². The van der Waals surface area contributed by atoms with E-state index < -0.39 is 0 Å². The van der Waals surface area contributed by atoms with E-state index >= 15 is 0 Å². The summed E-state index contributed by atoms with van der Waals surface area (Å²) in [6.07, 6.45) is 2.12. The van der Waals surface area contributed by atoms with E-state index in [-0.39, 0.29) is 0 Å². The molecule has 0 fully saturated rings. The molecule has 0 aliphatic heterocycles. The van der Waals surface area contributed by atoms with Crippen LogP contribution in [0.2, 0.25) is 0 Å². The highest BCUT2D eigenvalue weighted by Gasteiger charge is 2.02. The number of hydrogen-bond donors (Lipinski definition) is 1. The van der Waals surface area contributed by atoms with Gasteiger partial charge in [-0.1, -0.05) is 0 Å². The van der Waals surface area contributed by atoms with E-state index in [2.05, 4.69) is 18.5 Å². The quantitative estimate of drug-likeness (QED) is 0.788. The molecule has 0 aliphatic carbocycles. The fraction of sp³-hybridized carbons (Fsp3) is 0.600. The highest BCUT2D eigenvalue weighted by atomic mass is 32.2. The molecule has 0 saturated heterocycles. The maximum atomic E-state index is 5.44. The van der Waals surface area contributed by atoms with E-state index in [0.29, 0.717) is 6.04 Å². The van der Waals surface area contributed by atoms with Gasteiger partial charge in [0.15, 0.2) is 0 Å². The maximum Gasteiger partial charge on any atom is 0.117 e. The summed E-state index contributed by atoms with van der Waals surface area (Å²) in [5.74, 6) is 3.14. The highest BCUT2D eigenvalue weighted by molar-refractivity contribution is 7.98. The first-order chi connectivity index (χ1) is 6.22. The van der Waals surface area contributed by atoms with E-state index in [1.54, 1.807) is 0 Å². The zero-order valence-corrected chi connectivity index (χ0v) is 9.28. The predicted octanol–water partition coefficient (Wildman–Crippen LogP) is 2.43. The van der Waals surface area contributed by atoms with Crippen LogP contribution in [0.25, 0.3) is 0 Å². The van der Waals surface area contributed by atoms with E-state index in [9.17, 15) is 0 Å². The Labute approximate surface area is 84.1 Å². The van der Waals surface area contributed by atoms with Crippen LogP contribution in [0, 0.1) is 6.92 Å². The van der Waals surface area contributed by atoms with Gasteiger partial charge in [0.1, 0.15) is 11.5 Å². The van der Waals surface area contributed by atoms with Crippen LogP contribution in [-0.4, -0.2) is 18.1 Å². The van der Waals surface area contributed by atoms with Crippen molar-refractivity contribution in [3.63, 3.8) is 0 Å². The molecule has 0 radical (unpaired) electrons. The lowest BCUT2D eigenvalue weighted by atomic mass is 10.3. The normalized spacial score (nSPS) is 13.2. The molecule has 1 N–H and O–H groups in total. The second-order valence-corrected chi connectivity index (χ2v) is 4.16. The van der Waals surface area contributed by atoms with Gasteiger partial charge in [0, 0.05) is 11.8 Å². The molecular formula is C10H17NOS. The molecule has 1 unspecified atom stereocenters. The summed E-state index contributed by atoms with van der Waals surface area (Å²) in [7, 11) is 0. The van der Waals surface area contributed by atoms with E-state index in [1.807, 2.05) is 30.8 Å². The minimum Gasteiger partial charge on any atom is -0.465 e. The van der Waals surface area contributed by atoms with Crippen LogP contribution in [0.3, 0.4) is 0 Å². The number of nitrogens with one attached hydrogen (secondary N) is 1. The summed E-state index contributed by atoms with van der Waals surface area (Å²) < 4.78 is 5.44. The number of aryl methyl sites for hydroxylation is 1. The van der Waals surface area contributed by atoms with Gasteiger partial charge in [0.2, 0.25) is 0 Å². The molecule has 13 heavy (non-hydrogen) atoms. The zero-order valence-electron chi connectivity index (χ0n) is 8.46. The Morgan fingerprint density at radius 2 is 2.31 bits per heavy atom. The standard InChI is InChI=1S/C10H17NOS/c1-8(7-13-3)11-6-10-5-4-9(2)12-10/h4-5,8,11H,6-7H2,1-3H3. The topological polar surface area (TPSA) is 25.2 Å². The summed E-state index contributed by atoms with van der Waals surface area (Å²) in [6, 6.07) is 4.56. The van der Waals surface area contributed by atoms with Crippen molar-refractivity contribution in [1.82, 2.24) is 5.32 Å². The first-order valence-corrected chi connectivity index (χ1v) is 5.89. The lowest BCUT2D eigenvalue weighted by Gasteiger charge is -2.10. The molecule has 0 aromatic carbocycles. The summed E-state index contributed by atoms with van der Waals surface area (Å²) >= 11 is 1.86. The van der Waals surface area contributed by atoms with Crippen LogP contribution in [0.4, 0.5) is 0 Å². The van der Waals surface area contributed by atoms with Crippen LogP contribution in [-0.2, 0) is 6.54 Å². The second-order valence-electron chi connectivity index (χ2n) is 3.25. The van der Waals surface area contributed by atoms with Crippen molar-refractivity contribution >= 4 is 11.8 Å². The Kier molecular flexibility index (Phi) is 4.39. The van der Waals surface area contributed by atoms with Gasteiger partial charge in [-0.3, -0.25) is 0 Å². The number of furan rings is 1. The van der Waals surface area contributed by atoms with Gasteiger partial charge in [0.25, 0.3) is 0 Å². The third-order valence-electron chi connectivity index (χ3n) is 1.84. The molecule has 0 spiro atoms. The van der Waals surface area contributed by atoms with Gasteiger partial charge in [0.05, 0.1) is 6.54 Å². The molecule has 1 heterocycles. The van der Waals surface area contributed by atoms with E-state index in [1.165, 1.54) is 0 Å². The van der Waals surface area contributed by atoms with Crippen molar-refractivity contribution in [3.8, 4) is 0 Å². The van der Waals surface area contributed by atoms with E-state index in [0.717, 1.165) is 23.8 Å². The van der Waals surface area contributed by atoms with Gasteiger partial charge in [-0.15, -0.1) is 0 Å². The van der Waals surface area contributed by atoms with Crippen molar-refractivity contribution < 1.29 is 4.42 Å². The van der Waals surface area contributed by atoms with Gasteiger partial charge < -0.3 is 9.73 Å². The van der Waals surface area contributed by atoms with Crippen molar-refractivity contribution in [2.24, 2.45) is 0 Å². The van der Waals surface area contributed by atoms with Crippen LogP contribution >= 0.6 is 11.8 Å². The van der Waals surface area contributed by atoms with Crippen molar-refractivity contribution in [2.75, 3.05) is 12.0 Å². The van der Waals surface area contributed by atoms with Crippen molar-refractivity contribution in [3.05, 3.63) is 23.7 Å². The van der Waals surface area contributed by atoms with Gasteiger partial charge >= 0.3 is 0 Å². The Morgan fingerprint density at radius 3 is 2.85 bits per heavy atom. The molecular weight excluding hydrogens is 182 g/mol. The van der Waals surface area contributed by atoms with Gasteiger partial charge in [-0.05, 0) is 32.2 Å². The lowest BCUT2D eigenvalue weighted by Crippen LogP contribution is -2.27. The van der Waals surface area contributed by atoms with Crippen molar-refractivity contribution in [2.45, 2.75) is 26.4 Å². The zero-order chi connectivity index (χ0) is 9.68. The average Bonchev–Trinajstić information content (AvgIpc) is 2.49. The monoisotopic (exact) mass is 199 g/mol. The van der Waals surface area contributed by atoms with Crippen LogP contribution in [0.15, 0.2) is 16.5 Å². The van der Waals surface area contributed by atoms with Crippen LogP contribution in [0.5, 0.6) is 0 Å². The first kappa shape index (κ1) is 10.7. The van der Waals surface area contributed by atoms with Crippen molar-refractivity contribution in [1.29, 1.82) is 0 Å². The molecule has 74 valence electrons. The molecule has 3 heteroatoms. The maximum absolute atomic E-state index is 5.44. The molecule has 1 rings (SSSR count). The Balaban J connectivity index is 2.26. The Hall–Kier alpha value is -0.410. The molecule has 0 bridgehead atoms. The fourth-order valence-corrected chi connectivity index (χ4v) is 1.78. The molecule has 1 aromatic heterocycles. The summed E-state index contributed by atoms with van der Waals surface area (Å²) in [6.45, 7) is 4.98. The fourth-order valence-electron chi connectivity index (χ4n) is 1.16. The molecule has 2 nitrogen and oxygen atoms in total. The highest BCUT2D eigenvalue weighted by Crippen LogP contribution is 2.06. The summed E-state index contributed by atoms with van der Waals surface area (Å²) in [5, 5.41) is 3.40. The van der Waals surface area contributed by atoms with Crippen LogP contribution in [0.1, 0.15) is 18.4 Å². The second kappa shape index (κ2) is 5.35. The van der Waals surface area contributed by atoms with E-state index in [4.69, 9.17) is 4.42 Å². The third-order valence-corrected chi connectivity index (χ3v) is 2.67. The Morgan fingerprint density at radius 1 is 1.54 bits per heavy atom.